The minimum atomic E-state index is -0.336. The molecule has 0 fully saturated rings. The predicted octanol–water partition coefficient (Wildman–Crippen LogP) is 3.84. The first-order valence-corrected chi connectivity index (χ1v) is 7.42. The Morgan fingerprint density at radius 2 is 2.00 bits per heavy atom. The van der Waals surface area contributed by atoms with Gasteiger partial charge in [-0.2, -0.15) is 0 Å². The molecule has 1 heterocycles. The largest absolute Gasteiger partial charge is 0.454 e. The number of urea groups is 1. The standard InChI is InChI=1S/C16H14ClN3O3/c1-2-18-16(22)19-10-4-6-13-11(8-10)15(21)20-12-7-9(17)3-5-14(12)23-13/h3-8H,2H2,1H3,(H,20,21)(H2,18,19,22). The van der Waals surface area contributed by atoms with Crippen molar-refractivity contribution >= 4 is 34.9 Å². The molecule has 0 aliphatic carbocycles. The minimum Gasteiger partial charge on any atom is -0.454 e. The molecule has 0 bridgehead atoms. The molecule has 0 unspecified atom stereocenters. The van der Waals surface area contributed by atoms with E-state index in [0.717, 1.165) is 0 Å². The summed E-state index contributed by atoms with van der Waals surface area (Å²) >= 11 is 5.94. The van der Waals surface area contributed by atoms with E-state index in [1.807, 2.05) is 6.92 Å². The predicted molar refractivity (Wildman–Crippen MR) is 88.6 cm³/mol. The molecule has 6 nitrogen and oxygen atoms in total. The highest BCUT2D eigenvalue weighted by Crippen LogP contribution is 2.37. The van der Waals surface area contributed by atoms with Crippen molar-refractivity contribution in [3.8, 4) is 11.5 Å². The Kier molecular flexibility index (Phi) is 4.08. The number of hydrogen-bond donors (Lipinski definition) is 3. The fourth-order valence-electron chi connectivity index (χ4n) is 2.21. The molecule has 0 radical (unpaired) electrons. The molecule has 118 valence electrons. The Bertz CT molecular complexity index is 792. The second-order valence-electron chi connectivity index (χ2n) is 4.89. The summed E-state index contributed by atoms with van der Waals surface area (Å²) in [7, 11) is 0. The van der Waals surface area contributed by atoms with Gasteiger partial charge in [-0.1, -0.05) is 11.6 Å². The van der Waals surface area contributed by atoms with Crippen LogP contribution in [0.3, 0.4) is 0 Å². The lowest BCUT2D eigenvalue weighted by molar-refractivity contribution is 0.102. The second-order valence-corrected chi connectivity index (χ2v) is 5.33. The first-order chi connectivity index (χ1) is 11.1. The van der Waals surface area contributed by atoms with Gasteiger partial charge < -0.3 is 20.7 Å². The van der Waals surface area contributed by atoms with Crippen molar-refractivity contribution in [2.24, 2.45) is 0 Å². The summed E-state index contributed by atoms with van der Waals surface area (Å²) in [5, 5.41) is 8.52. The molecule has 0 spiro atoms. The average Bonchev–Trinajstić information content (AvgIpc) is 2.63. The van der Waals surface area contributed by atoms with E-state index in [4.69, 9.17) is 16.3 Å². The Morgan fingerprint density at radius 3 is 2.78 bits per heavy atom. The normalized spacial score (nSPS) is 12.2. The van der Waals surface area contributed by atoms with Crippen LogP contribution in [0, 0.1) is 0 Å². The second kappa shape index (κ2) is 6.18. The van der Waals surface area contributed by atoms with E-state index >= 15 is 0 Å². The first kappa shape index (κ1) is 15.2. The SMILES string of the molecule is CCNC(=O)Nc1ccc2c(c1)C(=O)Nc1cc(Cl)ccc1O2. The number of anilines is 2. The van der Waals surface area contributed by atoms with Crippen LogP contribution in [0.5, 0.6) is 11.5 Å². The maximum Gasteiger partial charge on any atom is 0.319 e. The summed E-state index contributed by atoms with van der Waals surface area (Å²) in [6, 6.07) is 9.53. The summed E-state index contributed by atoms with van der Waals surface area (Å²) in [6.45, 7) is 2.33. The zero-order valence-electron chi connectivity index (χ0n) is 12.3. The lowest BCUT2D eigenvalue weighted by atomic mass is 10.1. The summed E-state index contributed by atoms with van der Waals surface area (Å²) in [6.07, 6.45) is 0. The van der Waals surface area contributed by atoms with Gasteiger partial charge in [0.05, 0.1) is 11.3 Å². The van der Waals surface area contributed by atoms with Crippen molar-refractivity contribution in [2.45, 2.75) is 6.92 Å². The molecule has 7 heteroatoms. The Balaban J connectivity index is 1.92. The lowest BCUT2D eigenvalue weighted by Crippen LogP contribution is -2.28. The van der Waals surface area contributed by atoms with Crippen LogP contribution in [0.1, 0.15) is 17.3 Å². The van der Waals surface area contributed by atoms with E-state index in [9.17, 15) is 9.59 Å². The molecule has 1 aliphatic heterocycles. The van der Waals surface area contributed by atoms with Gasteiger partial charge in [0.15, 0.2) is 5.75 Å². The number of ether oxygens (including phenoxy) is 1. The number of rotatable bonds is 2. The van der Waals surface area contributed by atoms with Crippen molar-refractivity contribution in [1.82, 2.24) is 5.32 Å². The number of fused-ring (bicyclic) bond motifs is 2. The molecule has 0 atom stereocenters. The number of amides is 3. The van der Waals surface area contributed by atoms with Crippen LogP contribution in [0.4, 0.5) is 16.2 Å². The van der Waals surface area contributed by atoms with Crippen molar-refractivity contribution < 1.29 is 14.3 Å². The quantitative estimate of drug-likeness (QED) is 0.782. The number of carbonyl (C=O) groups excluding carboxylic acids is 2. The van der Waals surface area contributed by atoms with Crippen LogP contribution in [0.2, 0.25) is 5.02 Å². The molecule has 0 saturated carbocycles. The molecular weight excluding hydrogens is 318 g/mol. The first-order valence-electron chi connectivity index (χ1n) is 7.04. The number of halogens is 1. The third-order valence-corrected chi connectivity index (χ3v) is 3.46. The van der Waals surface area contributed by atoms with Gasteiger partial charge in [-0.3, -0.25) is 4.79 Å². The fraction of sp³-hybridized carbons (Fsp3) is 0.125. The van der Waals surface area contributed by atoms with E-state index in [1.165, 1.54) is 0 Å². The van der Waals surface area contributed by atoms with E-state index in [1.54, 1.807) is 36.4 Å². The van der Waals surface area contributed by atoms with Crippen molar-refractivity contribution in [3.05, 3.63) is 47.0 Å². The van der Waals surface area contributed by atoms with Gasteiger partial charge >= 0.3 is 6.03 Å². The van der Waals surface area contributed by atoms with E-state index in [0.29, 0.717) is 40.0 Å². The Hall–Kier alpha value is -2.73. The van der Waals surface area contributed by atoms with Gasteiger partial charge in [0, 0.05) is 17.3 Å². The molecule has 2 aromatic carbocycles. The highest BCUT2D eigenvalue weighted by Gasteiger charge is 2.21. The average molecular weight is 332 g/mol. The van der Waals surface area contributed by atoms with E-state index in [-0.39, 0.29) is 11.9 Å². The molecule has 0 aromatic heterocycles. The van der Waals surface area contributed by atoms with Crippen LogP contribution in [-0.2, 0) is 0 Å². The summed E-state index contributed by atoms with van der Waals surface area (Å²) in [5.41, 5.74) is 1.32. The molecule has 23 heavy (non-hydrogen) atoms. The van der Waals surface area contributed by atoms with Crippen LogP contribution < -0.4 is 20.7 Å². The number of hydrogen-bond acceptors (Lipinski definition) is 3. The van der Waals surface area contributed by atoms with E-state index in [2.05, 4.69) is 16.0 Å². The van der Waals surface area contributed by atoms with Crippen LogP contribution in [0.25, 0.3) is 0 Å². The summed E-state index contributed by atoms with van der Waals surface area (Å²) in [4.78, 5) is 24.0. The summed E-state index contributed by atoms with van der Waals surface area (Å²) < 4.78 is 5.77. The highest BCUT2D eigenvalue weighted by molar-refractivity contribution is 6.31. The van der Waals surface area contributed by atoms with Crippen LogP contribution in [0.15, 0.2) is 36.4 Å². The highest BCUT2D eigenvalue weighted by atomic mass is 35.5. The van der Waals surface area contributed by atoms with Gasteiger partial charge in [0.1, 0.15) is 5.75 Å². The maximum absolute atomic E-state index is 12.4. The van der Waals surface area contributed by atoms with Gasteiger partial charge in [0.2, 0.25) is 0 Å². The molecule has 3 rings (SSSR count). The molecule has 0 saturated heterocycles. The minimum absolute atomic E-state index is 0.326. The molecular formula is C16H14ClN3O3. The molecule has 2 aromatic rings. The fourth-order valence-corrected chi connectivity index (χ4v) is 2.38. The van der Waals surface area contributed by atoms with Crippen LogP contribution in [-0.4, -0.2) is 18.5 Å². The third-order valence-electron chi connectivity index (χ3n) is 3.23. The van der Waals surface area contributed by atoms with Crippen molar-refractivity contribution in [2.75, 3.05) is 17.2 Å². The third kappa shape index (κ3) is 3.22. The zero-order valence-corrected chi connectivity index (χ0v) is 13.0. The smallest absolute Gasteiger partial charge is 0.319 e. The zero-order chi connectivity index (χ0) is 16.4. The van der Waals surface area contributed by atoms with Crippen molar-refractivity contribution in [3.63, 3.8) is 0 Å². The van der Waals surface area contributed by atoms with Gasteiger partial charge in [-0.15, -0.1) is 0 Å². The van der Waals surface area contributed by atoms with Gasteiger partial charge in [0.25, 0.3) is 5.91 Å². The number of nitrogens with one attached hydrogen (secondary N) is 3. The Morgan fingerprint density at radius 1 is 1.22 bits per heavy atom. The Labute approximate surface area is 137 Å². The molecule has 1 aliphatic rings. The topological polar surface area (TPSA) is 79.5 Å². The lowest BCUT2D eigenvalue weighted by Gasteiger charge is -2.10. The number of benzene rings is 2. The summed E-state index contributed by atoms with van der Waals surface area (Å²) in [5.74, 6) is 0.580. The maximum atomic E-state index is 12.4. The number of carbonyl (C=O) groups is 2. The van der Waals surface area contributed by atoms with Gasteiger partial charge in [-0.25, -0.2) is 4.79 Å². The monoisotopic (exact) mass is 331 g/mol. The van der Waals surface area contributed by atoms with Crippen LogP contribution >= 0.6 is 11.6 Å². The van der Waals surface area contributed by atoms with E-state index < -0.39 is 0 Å². The molecule has 3 N–H and O–H groups in total. The molecule has 3 amide bonds. The van der Waals surface area contributed by atoms with Gasteiger partial charge in [-0.05, 0) is 43.3 Å². The van der Waals surface area contributed by atoms with Crippen molar-refractivity contribution in [1.29, 1.82) is 0 Å².